The van der Waals surface area contributed by atoms with Gasteiger partial charge in [0.2, 0.25) is 10.0 Å². The summed E-state index contributed by atoms with van der Waals surface area (Å²) in [6.07, 6.45) is 2.27. The van der Waals surface area contributed by atoms with Gasteiger partial charge in [-0.15, -0.1) is 0 Å². The van der Waals surface area contributed by atoms with Crippen LogP contribution in [-0.2, 0) is 16.4 Å². The van der Waals surface area contributed by atoms with Gasteiger partial charge in [-0.05, 0) is 37.0 Å². The molecule has 2 rings (SSSR count). The average molecular weight is 283 g/mol. The Labute approximate surface area is 112 Å². The highest BCUT2D eigenvalue weighted by molar-refractivity contribution is 7.89. The second-order valence-corrected chi connectivity index (χ2v) is 6.76. The molecule has 104 valence electrons. The molecule has 1 aliphatic rings. The lowest BCUT2D eigenvalue weighted by atomic mass is 10.1. The van der Waals surface area contributed by atoms with E-state index in [1.165, 1.54) is 4.31 Å². The number of carbonyl (C=O) groups is 1. The number of hydrogen-bond donors (Lipinski definition) is 1. The molecule has 1 aliphatic heterocycles. The third-order valence-corrected chi connectivity index (χ3v) is 5.26. The fourth-order valence-electron chi connectivity index (χ4n) is 2.16. The van der Waals surface area contributed by atoms with Gasteiger partial charge in [0.25, 0.3) is 0 Å². The molecule has 0 unspecified atom stereocenters. The predicted octanol–water partition coefficient (Wildman–Crippen LogP) is 1.35. The molecule has 19 heavy (non-hydrogen) atoms. The number of benzene rings is 1. The molecule has 0 amide bonds. The van der Waals surface area contributed by atoms with Crippen LogP contribution in [-0.4, -0.2) is 42.6 Å². The molecule has 0 bridgehead atoms. The highest BCUT2D eigenvalue weighted by Gasteiger charge is 2.24. The topological polar surface area (TPSA) is 74.7 Å². The molecule has 0 spiro atoms. The molecule has 0 atom stereocenters. The van der Waals surface area contributed by atoms with Crippen molar-refractivity contribution >= 4 is 16.0 Å². The fourth-order valence-corrected chi connectivity index (χ4v) is 3.76. The first-order valence-electron chi connectivity index (χ1n) is 6.29. The van der Waals surface area contributed by atoms with Crippen molar-refractivity contribution in [2.24, 2.45) is 0 Å². The van der Waals surface area contributed by atoms with Crippen molar-refractivity contribution in [2.45, 2.75) is 19.3 Å². The van der Waals surface area contributed by atoms with Gasteiger partial charge in [-0.2, -0.15) is 0 Å². The average Bonchev–Trinajstić information content (AvgIpc) is 2.37. The molecule has 1 fully saturated rings. The molecule has 1 N–H and O–H groups in total. The van der Waals surface area contributed by atoms with E-state index < -0.39 is 16.0 Å². The fraction of sp³-hybridized carbons (Fsp3) is 0.462. The number of aromatic carboxylic acids is 1. The van der Waals surface area contributed by atoms with E-state index >= 15 is 0 Å². The predicted molar refractivity (Wildman–Crippen MR) is 71.7 cm³/mol. The molecule has 0 aromatic heterocycles. The van der Waals surface area contributed by atoms with Gasteiger partial charge in [0.05, 0.1) is 11.3 Å². The zero-order chi connectivity index (χ0) is 13.9. The van der Waals surface area contributed by atoms with Crippen molar-refractivity contribution in [1.82, 2.24) is 4.31 Å². The van der Waals surface area contributed by atoms with Crippen LogP contribution in [0.3, 0.4) is 0 Å². The summed E-state index contributed by atoms with van der Waals surface area (Å²) in [7, 11) is -3.08. The van der Waals surface area contributed by atoms with Crippen LogP contribution in [0.5, 0.6) is 0 Å². The third kappa shape index (κ3) is 3.54. The molecule has 1 heterocycles. The van der Waals surface area contributed by atoms with Gasteiger partial charge in [0, 0.05) is 13.1 Å². The number of carboxylic acid groups (broad SMARTS) is 1. The Kier molecular flexibility index (Phi) is 4.21. The minimum absolute atomic E-state index is 0.241. The van der Waals surface area contributed by atoms with E-state index in [4.69, 9.17) is 5.11 Å². The zero-order valence-corrected chi connectivity index (χ0v) is 11.4. The van der Waals surface area contributed by atoms with Gasteiger partial charge >= 0.3 is 5.97 Å². The maximum absolute atomic E-state index is 11.8. The molecule has 1 aromatic carbocycles. The standard InChI is InChI=1S/C13H17NO4S/c15-13(16)12-5-3-11(4-6-12)7-9-14-8-1-2-10-19(14,17)18/h3-6H,1-2,7-10H2,(H,15,16). The quantitative estimate of drug-likeness (QED) is 0.905. The van der Waals surface area contributed by atoms with E-state index in [1.807, 2.05) is 0 Å². The number of hydrogen-bond acceptors (Lipinski definition) is 3. The summed E-state index contributed by atoms with van der Waals surface area (Å²) >= 11 is 0. The normalized spacial score (nSPS) is 19.2. The second-order valence-electron chi connectivity index (χ2n) is 4.67. The largest absolute Gasteiger partial charge is 0.478 e. The van der Waals surface area contributed by atoms with Gasteiger partial charge in [-0.3, -0.25) is 0 Å². The van der Waals surface area contributed by atoms with Crippen molar-refractivity contribution in [2.75, 3.05) is 18.8 Å². The first-order chi connectivity index (χ1) is 8.99. The maximum atomic E-state index is 11.8. The SMILES string of the molecule is O=C(O)c1ccc(CCN2CCCCS2(=O)=O)cc1. The summed E-state index contributed by atoms with van der Waals surface area (Å²) < 4.78 is 25.1. The molecular weight excluding hydrogens is 266 g/mol. The molecular formula is C13H17NO4S. The first kappa shape index (κ1) is 14.0. The minimum atomic E-state index is -3.08. The van der Waals surface area contributed by atoms with Crippen molar-refractivity contribution in [3.63, 3.8) is 0 Å². The Hall–Kier alpha value is -1.40. The molecule has 0 saturated carbocycles. The van der Waals surface area contributed by atoms with Crippen LogP contribution in [0.25, 0.3) is 0 Å². The van der Waals surface area contributed by atoms with Crippen molar-refractivity contribution in [1.29, 1.82) is 0 Å². The first-order valence-corrected chi connectivity index (χ1v) is 7.90. The highest BCUT2D eigenvalue weighted by atomic mass is 32.2. The van der Waals surface area contributed by atoms with E-state index in [1.54, 1.807) is 24.3 Å². The number of nitrogens with zero attached hydrogens (tertiary/aromatic N) is 1. The van der Waals surface area contributed by atoms with Crippen molar-refractivity contribution < 1.29 is 18.3 Å². The monoisotopic (exact) mass is 283 g/mol. The summed E-state index contributed by atoms with van der Waals surface area (Å²) in [4.78, 5) is 10.7. The number of sulfonamides is 1. The van der Waals surface area contributed by atoms with E-state index in [9.17, 15) is 13.2 Å². The summed E-state index contributed by atoms with van der Waals surface area (Å²) in [5.74, 6) is -0.713. The molecule has 0 aliphatic carbocycles. The Morgan fingerprint density at radius 1 is 1.21 bits per heavy atom. The van der Waals surface area contributed by atoms with Gasteiger partial charge in [0.15, 0.2) is 0 Å². The van der Waals surface area contributed by atoms with E-state index in [-0.39, 0.29) is 11.3 Å². The Bertz CT molecular complexity index is 551. The lowest BCUT2D eigenvalue weighted by molar-refractivity contribution is 0.0697. The summed E-state index contributed by atoms with van der Waals surface area (Å²) in [5.41, 5.74) is 1.19. The van der Waals surface area contributed by atoms with Crippen LogP contribution in [0.4, 0.5) is 0 Å². The number of carboxylic acids is 1. The van der Waals surface area contributed by atoms with Crippen LogP contribution >= 0.6 is 0 Å². The molecule has 6 heteroatoms. The third-order valence-electron chi connectivity index (χ3n) is 3.30. The Morgan fingerprint density at radius 2 is 1.89 bits per heavy atom. The maximum Gasteiger partial charge on any atom is 0.335 e. The Morgan fingerprint density at radius 3 is 2.47 bits per heavy atom. The summed E-state index contributed by atoms with van der Waals surface area (Å²) in [6.45, 7) is 1.06. The minimum Gasteiger partial charge on any atom is -0.478 e. The van der Waals surface area contributed by atoms with Gasteiger partial charge in [-0.1, -0.05) is 12.1 Å². The molecule has 0 radical (unpaired) electrons. The highest BCUT2D eigenvalue weighted by Crippen LogP contribution is 2.14. The smallest absolute Gasteiger partial charge is 0.335 e. The molecule has 5 nitrogen and oxygen atoms in total. The van der Waals surface area contributed by atoms with Gasteiger partial charge < -0.3 is 5.11 Å². The van der Waals surface area contributed by atoms with Crippen molar-refractivity contribution in [3.8, 4) is 0 Å². The van der Waals surface area contributed by atoms with Gasteiger partial charge in [-0.25, -0.2) is 17.5 Å². The number of rotatable bonds is 4. The van der Waals surface area contributed by atoms with E-state index in [2.05, 4.69) is 0 Å². The molecule has 1 aromatic rings. The van der Waals surface area contributed by atoms with Gasteiger partial charge in [0.1, 0.15) is 0 Å². The molecule has 1 saturated heterocycles. The lowest BCUT2D eigenvalue weighted by Gasteiger charge is -2.26. The van der Waals surface area contributed by atoms with Crippen LogP contribution in [0.1, 0.15) is 28.8 Å². The Balaban J connectivity index is 1.96. The van der Waals surface area contributed by atoms with Crippen molar-refractivity contribution in [3.05, 3.63) is 35.4 Å². The van der Waals surface area contributed by atoms with E-state index in [0.717, 1.165) is 18.4 Å². The van der Waals surface area contributed by atoms with Crippen LogP contribution in [0.15, 0.2) is 24.3 Å². The van der Waals surface area contributed by atoms with Crippen LogP contribution < -0.4 is 0 Å². The van der Waals surface area contributed by atoms with Crippen LogP contribution in [0.2, 0.25) is 0 Å². The second kappa shape index (κ2) is 5.71. The lowest BCUT2D eigenvalue weighted by Crippen LogP contribution is -2.39. The summed E-state index contributed by atoms with van der Waals surface area (Å²) in [5, 5.41) is 8.79. The zero-order valence-electron chi connectivity index (χ0n) is 10.6. The van der Waals surface area contributed by atoms with E-state index in [0.29, 0.717) is 19.5 Å². The van der Waals surface area contributed by atoms with Crippen LogP contribution in [0, 0.1) is 0 Å². The summed E-state index contributed by atoms with van der Waals surface area (Å²) in [6, 6.07) is 6.56.